The van der Waals surface area contributed by atoms with Crippen molar-refractivity contribution in [2.45, 2.75) is 32.5 Å². The number of carbonyl (C=O) groups excluding carboxylic acids is 1. The smallest absolute Gasteiger partial charge is 0.258 e. The molecule has 0 aromatic carbocycles. The maximum absolute atomic E-state index is 12.7. The van der Waals surface area contributed by atoms with Crippen LogP contribution in [0.25, 0.3) is 0 Å². The van der Waals surface area contributed by atoms with Crippen LogP contribution in [0.3, 0.4) is 0 Å². The summed E-state index contributed by atoms with van der Waals surface area (Å²) in [4.78, 5) is 33.1. The molecule has 3 rings (SSSR count). The minimum atomic E-state index is -0.607. The first-order valence-corrected chi connectivity index (χ1v) is 7.59. The first-order valence-electron chi connectivity index (χ1n) is 7.59. The second-order valence-corrected chi connectivity index (χ2v) is 6.37. The Morgan fingerprint density at radius 2 is 2.05 bits per heavy atom. The van der Waals surface area contributed by atoms with Crippen LogP contribution in [-0.4, -0.2) is 56.6 Å². The summed E-state index contributed by atoms with van der Waals surface area (Å²) in [7, 11) is 3.64. The minimum absolute atomic E-state index is 0.0842. The van der Waals surface area contributed by atoms with Crippen LogP contribution in [0, 0.1) is 12.8 Å². The summed E-state index contributed by atoms with van der Waals surface area (Å²) in [6, 6.07) is 0. The third-order valence-corrected chi connectivity index (χ3v) is 4.79. The Morgan fingerprint density at radius 1 is 1.32 bits per heavy atom. The van der Waals surface area contributed by atoms with Gasteiger partial charge in [-0.25, -0.2) is 4.98 Å². The van der Waals surface area contributed by atoms with Crippen LogP contribution >= 0.6 is 0 Å². The summed E-state index contributed by atoms with van der Waals surface area (Å²) in [5, 5.41) is 10.1. The molecule has 2 aliphatic heterocycles. The molecule has 7 nitrogen and oxygen atoms in total. The van der Waals surface area contributed by atoms with Gasteiger partial charge < -0.3 is 14.9 Å². The van der Waals surface area contributed by atoms with Gasteiger partial charge in [-0.05, 0) is 20.4 Å². The van der Waals surface area contributed by atoms with Gasteiger partial charge in [0, 0.05) is 20.1 Å². The van der Waals surface area contributed by atoms with E-state index in [0.717, 1.165) is 6.54 Å². The Balaban J connectivity index is 1.82. The second kappa shape index (κ2) is 5.48. The molecule has 1 amide bonds. The maximum Gasteiger partial charge on any atom is 0.258 e. The topological polar surface area (TPSA) is 78.7 Å². The van der Waals surface area contributed by atoms with Crippen molar-refractivity contribution in [3.8, 4) is 0 Å². The Labute approximate surface area is 129 Å². The summed E-state index contributed by atoms with van der Waals surface area (Å²) in [6.45, 7) is 3.79. The molecule has 0 saturated carbocycles. The lowest BCUT2D eigenvalue weighted by Gasteiger charge is -2.34. The van der Waals surface area contributed by atoms with Gasteiger partial charge >= 0.3 is 0 Å². The fourth-order valence-corrected chi connectivity index (χ4v) is 3.26. The number of hydrogen-bond acceptors (Lipinski definition) is 5. The van der Waals surface area contributed by atoms with Crippen molar-refractivity contribution in [3.63, 3.8) is 0 Å². The quantitative estimate of drug-likeness (QED) is 0.738. The summed E-state index contributed by atoms with van der Waals surface area (Å²) in [5.74, 6) is 0.144. The number of amides is 1. The predicted octanol–water partition coefficient (Wildman–Crippen LogP) is -0.756. The van der Waals surface area contributed by atoms with Crippen LogP contribution in [0.4, 0.5) is 0 Å². The molecule has 0 unspecified atom stereocenters. The summed E-state index contributed by atoms with van der Waals surface area (Å²) in [5.41, 5.74) is 1.20. The lowest BCUT2D eigenvalue weighted by atomic mass is 9.93. The molecule has 1 aromatic heterocycles. The highest BCUT2D eigenvalue weighted by Gasteiger charge is 2.37. The molecule has 0 radical (unpaired) electrons. The van der Waals surface area contributed by atoms with E-state index >= 15 is 0 Å². The van der Waals surface area contributed by atoms with E-state index in [2.05, 4.69) is 9.88 Å². The molecule has 1 aromatic rings. The van der Waals surface area contributed by atoms with Crippen LogP contribution in [0.15, 0.2) is 4.79 Å². The number of fused-ring (bicyclic) bond motifs is 1. The SMILES string of the molecule is Cc1nc2c(c(=O)n1C)CN(C(=O)[C@@H]1CN(C)CC[C@@H]1O)C2. The van der Waals surface area contributed by atoms with Crippen molar-refractivity contribution >= 4 is 5.91 Å². The molecule has 1 saturated heterocycles. The Hall–Kier alpha value is -1.73. The van der Waals surface area contributed by atoms with Crippen molar-refractivity contribution in [3.05, 3.63) is 27.4 Å². The molecule has 120 valence electrons. The number of carbonyl (C=O) groups is 1. The number of aliphatic hydroxyl groups is 1. The van der Waals surface area contributed by atoms with E-state index < -0.39 is 12.0 Å². The predicted molar refractivity (Wildman–Crippen MR) is 80.1 cm³/mol. The molecule has 0 aliphatic carbocycles. The number of rotatable bonds is 1. The molecular weight excluding hydrogens is 284 g/mol. The number of nitrogens with zero attached hydrogens (tertiary/aromatic N) is 4. The van der Waals surface area contributed by atoms with Gasteiger partial charge in [-0.2, -0.15) is 0 Å². The summed E-state index contributed by atoms with van der Waals surface area (Å²) in [6.07, 6.45) is -0.00255. The zero-order chi connectivity index (χ0) is 16.0. The van der Waals surface area contributed by atoms with Crippen LogP contribution < -0.4 is 5.56 Å². The van der Waals surface area contributed by atoms with Crippen LogP contribution in [-0.2, 0) is 24.9 Å². The highest BCUT2D eigenvalue weighted by atomic mass is 16.3. The van der Waals surface area contributed by atoms with Crippen molar-refractivity contribution in [1.29, 1.82) is 0 Å². The summed E-state index contributed by atoms with van der Waals surface area (Å²) >= 11 is 0. The van der Waals surface area contributed by atoms with Crippen molar-refractivity contribution < 1.29 is 9.90 Å². The van der Waals surface area contributed by atoms with Crippen LogP contribution in [0.2, 0.25) is 0 Å². The number of likely N-dealkylation sites (tertiary alicyclic amines) is 1. The van der Waals surface area contributed by atoms with Gasteiger partial charge in [0.25, 0.3) is 5.56 Å². The zero-order valence-electron chi connectivity index (χ0n) is 13.2. The number of piperidine rings is 1. The minimum Gasteiger partial charge on any atom is -0.392 e. The first kappa shape index (κ1) is 15.2. The normalized spacial score (nSPS) is 25.4. The van der Waals surface area contributed by atoms with Gasteiger partial charge in [0.1, 0.15) is 5.82 Å². The molecule has 0 spiro atoms. The first-order chi connectivity index (χ1) is 10.4. The molecule has 0 bridgehead atoms. The molecule has 7 heteroatoms. The number of hydrogen-bond donors (Lipinski definition) is 1. The fraction of sp³-hybridized carbons (Fsp3) is 0.667. The van der Waals surface area contributed by atoms with Gasteiger partial charge in [0.2, 0.25) is 5.91 Å². The Bertz CT molecular complexity index is 669. The molecule has 1 fully saturated rings. The van der Waals surface area contributed by atoms with Crippen molar-refractivity contribution in [1.82, 2.24) is 19.4 Å². The monoisotopic (exact) mass is 306 g/mol. The average Bonchev–Trinajstić information content (AvgIpc) is 2.90. The molecular formula is C15H22N4O3. The Morgan fingerprint density at radius 3 is 2.77 bits per heavy atom. The summed E-state index contributed by atoms with van der Waals surface area (Å²) < 4.78 is 1.51. The Kier molecular flexibility index (Phi) is 3.78. The van der Waals surface area contributed by atoms with Crippen LogP contribution in [0.1, 0.15) is 23.5 Å². The van der Waals surface area contributed by atoms with E-state index in [1.165, 1.54) is 4.57 Å². The molecule has 3 heterocycles. The van der Waals surface area contributed by atoms with Gasteiger partial charge in [0.05, 0.1) is 36.4 Å². The number of aliphatic hydroxyl groups excluding tert-OH is 1. The highest BCUT2D eigenvalue weighted by Crippen LogP contribution is 2.24. The van der Waals surface area contributed by atoms with E-state index in [1.807, 2.05) is 7.05 Å². The molecule has 1 N–H and O–H groups in total. The van der Waals surface area contributed by atoms with Crippen molar-refractivity contribution in [2.24, 2.45) is 13.0 Å². The molecule has 22 heavy (non-hydrogen) atoms. The van der Waals surface area contributed by atoms with E-state index in [0.29, 0.717) is 43.1 Å². The zero-order valence-corrected chi connectivity index (χ0v) is 13.2. The van der Waals surface area contributed by atoms with Gasteiger partial charge in [0.15, 0.2) is 0 Å². The average molecular weight is 306 g/mol. The highest BCUT2D eigenvalue weighted by molar-refractivity contribution is 5.80. The van der Waals surface area contributed by atoms with Gasteiger partial charge in [-0.3, -0.25) is 14.2 Å². The van der Waals surface area contributed by atoms with Crippen molar-refractivity contribution in [2.75, 3.05) is 20.1 Å². The van der Waals surface area contributed by atoms with Gasteiger partial charge in [-0.1, -0.05) is 0 Å². The number of aromatic nitrogens is 2. The lowest BCUT2D eigenvalue weighted by Crippen LogP contribution is -2.48. The fourth-order valence-electron chi connectivity index (χ4n) is 3.26. The largest absolute Gasteiger partial charge is 0.392 e. The standard InChI is InChI=1S/C15H22N4O3/c1-9-16-12-8-19(7-10(12)14(21)18(9)3)15(22)11-6-17(2)5-4-13(11)20/h11,13,20H,4-8H2,1-3H3/t11-,13+/m1/s1. The van der Waals surface area contributed by atoms with E-state index in [4.69, 9.17) is 0 Å². The molecule has 2 atom stereocenters. The molecule has 2 aliphatic rings. The second-order valence-electron chi connectivity index (χ2n) is 6.37. The number of aryl methyl sites for hydroxylation is 1. The maximum atomic E-state index is 12.7. The van der Waals surface area contributed by atoms with E-state index in [-0.39, 0.29) is 11.5 Å². The van der Waals surface area contributed by atoms with Gasteiger partial charge in [-0.15, -0.1) is 0 Å². The van der Waals surface area contributed by atoms with Crippen LogP contribution in [0.5, 0.6) is 0 Å². The third kappa shape index (κ3) is 2.44. The van der Waals surface area contributed by atoms with E-state index in [1.54, 1.807) is 18.9 Å². The lowest BCUT2D eigenvalue weighted by molar-refractivity contribution is -0.142. The van der Waals surface area contributed by atoms with E-state index in [9.17, 15) is 14.7 Å². The third-order valence-electron chi connectivity index (χ3n) is 4.79.